The van der Waals surface area contributed by atoms with Gasteiger partial charge in [-0.1, -0.05) is 17.7 Å². The summed E-state index contributed by atoms with van der Waals surface area (Å²) in [5.74, 6) is 0.624. The lowest BCUT2D eigenvalue weighted by atomic mass is 9.82. The van der Waals surface area contributed by atoms with Crippen molar-refractivity contribution in [2.24, 2.45) is 5.92 Å². The van der Waals surface area contributed by atoms with Crippen molar-refractivity contribution in [3.05, 3.63) is 29.3 Å². The maximum atomic E-state index is 9.18. The lowest BCUT2D eigenvalue weighted by Crippen LogP contribution is -2.51. The molecule has 0 aliphatic carbocycles. The van der Waals surface area contributed by atoms with Gasteiger partial charge in [-0.05, 0) is 64.5 Å². The van der Waals surface area contributed by atoms with Gasteiger partial charge < -0.3 is 10.0 Å². The molecule has 0 spiro atoms. The summed E-state index contributed by atoms with van der Waals surface area (Å²) in [5.41, 5.74) is 4.25. The van der Waals surface area contributed by atoms with Gasteiger partial charge in [-0.2, -0.15) is 0 Å². The van der Waals surface area contributed by atoms with Crippen molar-refractivity contribution in [1.82, 2.24) is 0 Å². The Bertz CT molecular complexity index is 439. The van der Waals surface area contributed by atoms with Gasteiger partial charge in [0.05, 0.1) is 0 Å². The molecule has 1 heterocycles. The van der Waals surface area contributed by atoms with E-state index in [2.05, 4.69) is 50.8 Å². The zero-order valence-electron chi connectivity index (χ0n) is 12.7. The minimum atomic E-state index is 0.214. The summed E-state index contributed by atoms with van der Waals surface area (Å²) in [6.45, 7) is 10.4. The van der Waals surface area contributed by atoms with Crippen LogP contribution in [0.5, 0.6) is 0 Å². The van der Waals surface area contributed by atoms with Crippen LogP contribution in [0.3, 0.4) is 0 Å². The number of rotatable bonds is 3. The highest BCUT2D eigenvalue weighted by Gasteiger charge is 2.34. The second-order valence-electron chi connectivity index (χ2n) is 6.63. The molecule has 1 aliphatic heterocycles. The van der Waals surface area contributed by atoms with Crippen molar-refractivity contribution in [2.45, 2.75) is 52.5 Å². The molecule has 0 saturated carbocycles. The van der Waals surface area contributed by atoms with E-state index >= 15 is 0 Å². The lowest BCUT2D eigenvalue weighted by molar-refractivity contribution is 0.217. The van der Waals surface area contributed by atoms with Crippen LogP contribution in [0.1, 0.15) is 44.2 Å². The fourth-order valence-electron chi connectivity index (χ4n) is 3.24. The van der Waals surface area contributed by atoms with E-state index < -0.39 is 0 Å². The number of benzene rings is 1. The smallest absolute Gasteiger partial charge is 0.0434 e. The van der Waals surface area contributed by atoms with E-state index in [0.29, 0.717) is 12.5 Å². The average Bonchev–Trinajstić information content (AvgIpc) is 2.32. The summed E-state index contributed by atoms with van der Waals surface area (Å²) in [6, 6.07) is 6.73. The average molecular weight is 261 g/mol. The Morgan fingerprint density at radius 1 is 1.32 bits per heavy atom. The maximum absolute atomic E-state index is 9.18. The largest absolute Gasteiger partial charge is 0.396 e. The van der Waals surface area contributed by atoms with Crippen molar-refractivity contribution in [3.8, 4) is 0 Å². The molecular weight excluding hydrogens is 234 g/mol. The molecule has 1 aromatic carbocycles. The van der Waals surface area contributed by atoms with Gasteiger partial charge in [-0.3, -0.25) is 0 Å². The van der Waals surface area contributed by atoms with Crippen molar-refractivity contribution >= 4 is 5.69 Å². The quantitative estimate of drug-likeness (QED) is 0.897. The Morgan fingerprint density at radius 2 is 2.05 bits per heavy atom. The molecule has 0 radical (unpaired) electrons. The molecule has 1 saturated heterocycles. The second kappa shape index (κ2) is 5.54. The Kier molecular flexibility index (Phi) is 4.19. The van der Waals surface area contributed by atoms with Crippen LogP contribution in [0.4, 0.5) is 5.69 Å². The molecule has 2 heteroatoms. The summed E-state index contributed by atoms with van der Waals surface area (Å²) in [5, 5.41) is 9.18. The molecule has 0 aromatic heterocycles. The van der Waals surface area contributed by atoms with Crippen molar-refractivity contribution in [3.63, 3.8) is 0 Å². The van der Waals surface area contributed by atoms with E-state index in [-0.39, 0.29) is 5.54 Å². The zero-order chi connectivity index (χ0) is 14.0. The monoisotopic (exact) mass is 261 g/mol. The van der Waals surface area contributed by atoms with Crippen LogP contribution in [0, 0.1) is 19.8 Å². The van der Waals surface area contributed by atoms with Crippen LogP contribution in [0.2, 0.25) is 0 Å². The van der Waals surface area contributed by atoms with Crippen molar-refractivity contribution in [1.29, 1.82) is 0 Å². The van der Waals surface area contributed by atoms with E-state index in [0.717, 1.165) is 13.0 Å². The maximum Gasteiger partial charge on any atom is 0.0434 e. The van der Waals surface area contributed by atoms with Crippen LogP contribution in [-0.2, 0) is 0 Å². The highest BCUT2D eigenvalue weighted by molar-refractivity contribution is 5.56. The first kappa shape index (κ1) is 14.4. The number of aliphatic hydroxyl groups is 1. The summed E-state index contributed by atoms with van der Waals surface area (Å²) in [4.78, 5) is 2.55. The van der Waals surface area contributed by atoms with Gasteiger partial charge >= 0.3 is 0 Å². The predicted octanol–water partition coefficient (Wildman–Crippen LogP) is 3.68. The van der Waals surface area contributed by atoms with E-state index in [4.69, 9.17) is 0 Å². The highest BCUT2D eigenvalue weighted by Crippen LogP contribution is 2.37. The van der Waals surface area contributed by atoms with Crippen LogP contribution < -0.4 is 4.90 Å². The van der Waals surface area contributed by atoms with Crippen molar-refractivity contribution in [2.75, 3.05) is 18.1 Å². The second-order valence-corrected chi connectivity index (χ2v) is 6.63. The van der Waals surface area contributed by atoms with Crippen LogP contribution in [0.25, 0.3) is 0 Å². The topological polar surface area (TPSA) is 23.5 Å². The first-order valence-electron chi connectivity index (χ1n) is 7.40. The SMILES string of the molecule is Cc1ccc(N2CC(CCO)CCC2(C)C)c(C)c1. The Morgan fingerprint density at radius 3 is 2.68 bits per heavy atom. The van der Waals surface area contributed by atoms with E-state index in [9.17, 15) is 5.11 Å². The minimum absolute atomic E-state index is 0.214. The van der Waals surface area contributed by atoms with E-state index in [1.807, 2.05) is 0 Å². The number of nitrogens with zero attached hydrogens (tertiary/aromatic N) is 1. The molecular formula is C17H27NO. The lowest BCUT2D eigenvalue weighted by Gasteiger charge is -2.48. The number of hydrogen-bond acceptors (Lipinski definition) is 2. The molecule has 1 fully saturated rings. The van der Waals surface area contributed by atoms with Gasteiger partial charge in [0.2, 0.25) is 0 Å². The summed E-state index contributed by atoms with van der Waals surface area (Å²) in [7, 11) is 0. The number of hydrogen-bond donors (Lipinski definition) is 1. The third-order valence-corrected chi connectivity index (χ3v) is 4.52. The Balaban J connectivity index is 2.27. The van der Waals surface area contributed by atoms with Gasteiger partial charge in [0.25, 0.3) is 0 Å². The van der Waals surface area contributed by atoms with Gasteiger partial charge in [0.15, 0.2) is 0 Å². The Hall–Kier alpha value is -1.02. The molecule has 106 valence electrons. The van der Waals surface area contributed by atoms with Crippen LogP contribution >= 0.6 is 0 Å². The fourth-order valence-corrected chi connectivity index (χ4v) is 3.24. The molecule has 1 N–H and O–H groups in total. The molecule has 1 aliphatic rings. The van der Waals surface area contributed by atoms with Gasteiger partial charge in [-0.25, -0.2) is 0 Å². The van der Waals surface area contributed by atoms with Gasteiger partial charge in [-0.15, -0.1) is 0 Å². The number of aryl methyl sites for hydroxylation is 2. The normalized spacial score (nSPS) is 22.6. The molecule has 2 nitrogen and oxygen atoms in total. The number of anilines is 1. The number of aliphatic hydroxyl groups excluding tert-OH is 1. The van der Waals surface area contributed by atoms with Gasteiger partial charge in [0.1, 0.15) is 0 Å². The van der Waals surface area contributed by atoms with E-state index in [1.54, 1.807) is 0 Å². The molecule has 0 bridgehead atoms. The van der Waals surface area contributed by atoms with Gasteiger partial charge in [0, 0.05) is 24.4 Å². The highest BCUT2D eigenvalue weighted by atomic mass is 16.3. The molecule has 2 rings (SSSR count). The summed E-state index contributed by atoms with van der Waals surface area (Å²) < 4.78 is 0. The third-order valence-electron chi connectivity index (χ3n) is 4.52. The third kappa shape index (κ3) is 3.11. The van der Waals surface area contributed by atoms with E-state index in [1.165, 1.54) is 29.7 Å². The minimum Gasteiger partial charge on any atom is -0.396 e. The van der Waals surface area contributed by atoms with Crippen LogP contribution in [0.15, 0.2) is 18.2 Å². The molecule has 19 heavy (non-hydrogen) atoms. The first-order chi connectivity index (χ1) is 8.94. The fraction of sp³-hybridized carbons (Fsp3) is 0.647. The predicted molar refractivity (Wildman–Crippen MR) is 81.8 cm³/mol. The molecule has 0 amide bonds. The summed E-state index contributed by atoms with van der Waals surface area (Å²) in [6.07, 6.45) is 3.36. The summed E-state index contributed by atoms with van der Waals surface area (Å²) >= 11 is 0. The molecule has 1 aromatic rings. The first-order valence-corrected chi connectivity index (χ1v) is 7.40. The number of piperidine rings is 1. The van der Waals surface area contributed by atoms with Crippen LogP contribution in [-0.4, -0.2) is 23.8 Å². The van der Waals surface area contributed by atoms with Crippen molar-refractivity contribution < 1.29 is 5.11 Å². The molecule has 1 unspecified atom stereocenters. The Labute approximate surface area is 117 Å². The zero-order valence-corrected chi connectivity index (χ0v) is 12.7. The standard InChI is InChI=1S/C17H27NO/c1-13-5-6-16(14(2)11-13)18-12-15(8-10-19)7-9-17(18,3)4/h5-6,11,15,19H,7-10,12H2,1-4H3. The molecule has 1 atom stereocenters.